The second-order valence-corrected chi connectivity index (χ2v) is 3.72. The Balaban J connectivity index is 0.000000810. The van der Waals surface area contributed by atoms with Crippen LogP contribution in [-0.4, -0.2) is 0 Å². The van der Waals surface area contributed by atoms with E-state index in [0.29, 0.717) is 0 Å². The number of hydrogen-bond donors (Lipinski definition) is 0. The minimum Gasteiger partial charge on any atom is -0.226 e. The van der Waals surface area contributed by atoms with Crippen LogP contribution < -0.4 is 0 Å². The minimum absolute atomic E-state index is 0. The van der Waals surface area contributed by atoms with Crippen molar-refractivity contribution in [3.05, 3.63) is 72.8 Å². The smallest absolute Gasteiger partial charge is 0.226 e. The average molecular weight is 570 g/mol. The van der Waals surface area contributed by atoms with E-state index in [2.05, 4.69) is 48.5 Å². The first-order chi connectivity index (χ1) is 7.95. The van der Waals surface area contributed by atoms with Crippen LogP contribution in [0.15, 0.2) is 60.7 Å². The van der Waals surface area contributed by atoms with Gasteiger partial charge in [-0.25, -0.2) is 11.1 Å². The van der Waals surface area contributed by atoms with E-state index in [-0.39, 0.29) is 42.1 Å². The Kier molecular flexibility index (Phi) is 5.99. The van der Waals surface area contributed by atoms with Gasteiger partial charge in [0.15, 0.2) is 0 Å². The van der Waals surface area contributed by atoms with Crippen LogP contribution in [0.5, 0.6) is 0 Å². The average Bonchev–Trinajstić information content (AvgIpc) is 2.39. The normalized spacial score (nSPS) is 9.33. The zero-order chi connectivity index (χ0) is 10.8. The molecule has 3 rings (SSSR count). The molecule has 0 heterocycles. The Hall–Kier alpha value is -0.703. The topological polar surface area (TPSA) is 0 Å². The summed E-state index contributed by atoms with van der Waals surface area (Å²) in [4.78, 5) is 0. The third kappa shape index (κ3) is 3.00. The van der Waals surface area contributed by atoms with Crippen molar-refractivity contribution in [3.8, 4) is 11.1 Å². The fourth-order valence-electron chi connectivity index (χ4n) is 1.93. The van der Waals surface area contributed by atoms with Crippen molar-refractivity contribution >= 4 is 10.8 Å². The first-order valence-corrected chi connectivity index (χ1v) is 5.32. The van der Waals surface area contributed by atoms with Crippen LogP contribution in [0.2, 0.25) is 0 Å². The molecule has 0 aliphatic rings. The molecule has 3 aromatic rings. The van der Waals surface area contributed by atoms with Gasteiger partial charge in [-0.1, -0.05) is 18.2 Å². The van der Waals surface area contributed by atoms with Crippen LogP contribution in [0.25, 0.3) is 21.9 Å². The third-order valence-corrected chi connectivity index (χ3v) is 2.70. The summed E-state index contributed by atoms with van der Waals surface area (Å²) in [6.07, 6.45) is 0. The Bertz CT molecular complexity index is 613. The molecule has 0 bridgehead atoms. The quantitative estimate of drug-likeness (QED) is 0.387. The van der Waals surface area contributed by atoms with Crippen LogP contribution in [0.3, 0.4) is 0 Å². The van der Waals surface area contributed by atoms with Gasteiger partial charge in [0.1, 0.15) is 0 Å². The SMILES string of the molecule is [W+2].[W].[c-]1ccccc1-c1[c-]ccc2ccccc12. The van der Waals surface area contributed by atoms with Gasteiger partial charge in [0.2, 0.25) is 0 Å². The first kappa shape index (κ1) is 15.4. The van der Waals surface area contributed by atoms with Gasteiger partial charge < -0.3 is 0 Å². The van der Waals surface area contributed by atoms with Crippen molar-refractivity contribution in [3.63, 3.8) is 0 Å². The summed E-state index contributed by atoms with van der Waals surface area (Å²) in [5.41, 5.74) is 2.22. The van der Waals surface area contributed by atoms with Gasteiger partial charge in [0, 0.05) is 21.1 Å². The van der Waals surface area contributed by atoms with Gasteiger partial charge in [0.05, 0.1) is 0 Å². The van der Waals surface area contributed by atoms with Crippen LogP contribution in [0.1, 0.15) is 0 Å². The van der Waals surface area contributed by atoms with E-state index in [4.69, 9.17) is 0 Å². The standard InChI is InChI=1S/C16H10.2W/c1-2-7-13(8-3-1)16-12-6-10-14-9-4-5-11-15(14)16;;/h1-7,9-11H;;/q-2;;+2. The zero-order valence-electron chi connectivity index (χ0n) is 9.59. The van der Waals surface area contributed by atoms with E-state index >= 15 is 0 Å². The Morgan fingerprint density at radius 3 is 2.28 bits per heavy atom. The van der Waals surface area contributed by atoms with Gasteiger partial charge in [-0.3, -0.25) is 0 Å². The summed E-state index contributed by atoms with van der Waals surface area (Å²) in [7, 11) is 0. The maximum atomic E-state index is 3.30. The molecule has 0 amide bonds. The molecule has 3 aromatic carbocycles. The largest absolute Gasteiger partial charge is 2.00 e. The van der Waals surface area contributed by atoms with Crippen LogP contribution in [0.4, 0.5) is 0 Å². The predicted molar refractivity (Wildman–Crippen MR) is 67.1 cm³/mol. The molecule has 0 saturated carbocycles. The molecule has 0 fully saturated rings. The molecular weight excluding hydrogens is 560 g/mol. The first-order valence-electron chi connectivity index (χ1n) is 5.32. The Morgan fingerprint density at radius 2 is 1.50 bits per heavy atom. The monoisotopic (exact) mass is 570 g/mol. The Labute approximate surface area is 136 Å². The summed E-state index contributed by atoms with van der Waals surface area (Å²) in [5, 5.41) is 2.47. The van der Waals surface area contributed by atoms with Gasteiger partial charge in [0.25, 0.3) is 0 Å². The summed E-state index contributed by atoms with van der Waals surface area (Å²) in [6.45, 7) is 0. The number of benzene rings is 3. The molecule has 86 valence electrons. The Morgan fingerprint density at radius 1 is 0.722 bits per heavy atom. The van der Waals surface area contributed by atoms with Gasteiger partial charge >= 0.3 is 21.1 Å². The summed E-state index contributed by atoms with van der Waals surface area (Å²) < 4.78 is 0. The summed E-state index contributed by atoms with van der Waals surface area (Å²) in [6, 6.07) is 27.0. The predicted octanol–water partition coefficient (Wildman–Crippen LogP) is 4.10. The van der Waals surface area contributed by atoms with Crippen molar-refractivity contribution in [1.29, 1.82) is 0 Å². The van der Waals surface area contributed by atoms with Crippen molar-refractivity contribution < 1.29 is 42.1 Å². The van der Waals surface area contributed by atoms with Crippen molar-refractivity contribution in [2.24, 2.45) is 0 Å². The molecule has 0 nitrogen and oxygen atoms in total. The molecule has 0 aliphatic heterocycles. The van der Waals surface area contributed by atoms with Gasteiger partial charge in [-0.2, -0.15) is 36.4 Å². The summed E-state index contributed by atoms with van der Waals surface area (Å²) >= 11 is 0. The molecule has 0 atom stereocenters. The summed E-state index contributed by atoms with van der Waals surface area (Å²) in [5.74, 6) is 0. The fraction of sp³-hybridized carbons (Fsp3) is 0. The second kappa shape index (κ2) is 7.03. The molecule has 0 unspecified atom stereocenters. The van der Waals surface area contributed by atoms with Crippen molar-refractivity contribution in [2.45, 2.75) is 0 Å². The molecule has 0 radical (unpaired) electrons. The molecule has 0 spiro atoms. The zero-order valence-corrected chi connectivity index (χ0v) is 15.5. The molecule has 0 N–H and O–H groups in total. The van der Waals surface area contributed by atoms with Crippen LogP contribution in [-0.2, 0) is 42.1 Å². The number of hydrogen-bond acceptors (Lipinski definition) is 0. The fourth-order valence-corrected chi connectivity index (χ4v) is 1.93. The van der Waals surface area contributed by atoms with Crippen LogP contribution >= 0.6 is 0 Å². The third-order valence-electron chi connectivity index (χ3n) is 2.70. The molecule has 0 saturated heterocycles. The van der Waals surface area contributed by atoms with E-state index in [0.717, 1.165) is 11.1 Å². The molecular formula is C16H10W2. The van der Waals surface area contributed by atoms with E-state index < -0.39 is 0 Å². The van der Waals surface area contributed by atoms with E-state index in [1.807, 2.05) is 24.3 Å². The maximum absolute atomic E-state index is 3.30. The maximum Gasteiger partial charge on any atom is 2.00 e. The van der Waals surface area contributed by atoms with E-state index in [9.17, 15) is 0 Å². The molecule has 0 aliphatic carbocycles. The minimum atomic E-state index is 0. The molecule has 0 aromatic heterocycles. The number of rotatable bonds is 1. The van der Waals surface area contributed by atoms with Crippen LogP contribution in [0, 0.1) is 12.1 Å². The van der Waals surface area contributed by atoms with Crippen molar-refractivity contribution in [1.82, 2.24) is 0 Å². The van der Waals surface area contributed by atoms with Gasteiger partial charge in [-0.05, 0) is 0 Å². The molecule has 18 heavy (non-hydrogen) atoms. The van der Waals surface area contributed by atoms with E-state index in [1.165, 1.54) is 10.8 Å². The second-order valence-electron chi connectivity index (χ2n) is 3.72. The molecule has 2 heteroatoms. The van der Waals surface area contributed by atoms with E-state index in [1.54, 1.807) is 0 Å². The number of fused-ring (bicyclic) bond motifs is 1. The van der Waals surface area contributed by atoms with Gasteiger partial charge in [-0.15, -0.1) is 29.0 Å². The van der Waals surface area contributed by atoms with Crippen molar-refractivity contribution in [2.75, 3.05) is 0 Å².